The fourth-order valence-corrected chi connectivity index (χ4v) is 3.45. The molecule has 3 rings (SSSR count). The number of nitrogens with zero attached hydrogens (tertiary/aromatic N) is 1. The van der Waals surface area contributed by atoms with E-state index in [-0.39, 0.29) is 11.9 Å². The molecule has 1 aromatic rings. The smallest absolute Gasteiger partial charge is 0.322 e. The minimum absolute atomic E-state index is 0.0323. The number of rotatable bonds is 3. The summed E-state index contributed by atoms with van der Waals surface area (Å²) in [4.78, 5) is 37.9. The van der Waals surface area contributed by atoms with Gasteiger partial charge < -0.3 is 16.0 Å². The largest absolute Gasteiger partial charge is 0.336 e. The SMILES string of the molecule is CC1CC(CN)CN1C(=O)c1ccc(C2(C)NC(=O)NC2=O)cc1. The van der Waals surface area contributed by atoms with Crippen molar-refractivity contribution in [2.45, 2.75) is 31.8 Å². The first-order valence-corrected chi connectivity index (χ1v) is 8.10. The average Bonchev–Trinajstić information content (AvgIpc) is 3.06. The summed E-state index contributed by atoms with van der Waals surface area (Å²) < 4.78 is 0. The predicted molar refractivity (Wildman–Crippen MR) is 88.1 cm³/mol. The van der Waals surface area contributed by atoms with E-state index in [2.05, 4.69) is 10.6 Å². The van der Waals surface area contributed by atoms with E-state index < -0.39 is 17.5 Å². The number of likely N-dealkylation sites (tertiary alicyclic amines) is 1. The molecule has 2 aliphatic rings. The Balaban J connectivity index is 1.79. The number of carbonyl (C=O) groups excluding carboxylic acids is 3. The van der Waals surface area contributed by atoms with Gasteiger partial charge in [0.15, 0.2) is 0 Å². The second kappa shape index (κ2) is 5.90. The maximum atomic E-state index is 12.7. The van der Waals surface area contributed by atoms with Crippen LogP contribution < -0.4 is 16.4 Å². The lowest BCUT2D eigenvalue weighted by molar-refractivity contribution is -0.123. The predicted octanol–water partition coefficient (Wildman–Crippen LogP) is 0.551. The minimum Gasteiger partial charge on any atom is -0.336 e. The van der Waals surface area contributed by atoms with Gasteiger partial charge in [0.05, 0.1) is 0 Å². The van der Waals surface area contributed by atoms with Gasteiger partial charge in [-0.05, 0) is 50.4 Å². The monoisotopic (exact) mass is 330 g/mol. The van der Waals surface area contributed by atoms with Crippen LogP contribution in [-0.2, 0) is 10.3 Å². The molecule has 3 unspecified atom stereocenters. The van der Waals surface area contributed by atoms with Gasteiger partial charge in [-0.15, -0.1) is 0 Å². The highest BCUT2D eigenvalue weighted by molar-refractivity contribution is 6.07. The molecule has 0 bridgehead atoms. The molecule has 24 heavy (non-hydrogen) atoms. The standard InChI is InChI=1S/C17H22N4O3/c1-10-7-11(8-18)9-21(10)14(22)12-3-5-13(6-4-12)17(2)15(23)19-16(24)20-17/h3-6,10-11H,7-9,18H2,1-2H3,(H2,19,20,23,24). The van der Waals surface area contributed by atoms with E-state index in [0.717, 1.165) is 6.42 Å². The Hall–Kier alpha value is -2.41. The summed E-state index contributed by atoms with van der Waals surface area (Å²) >= 11 is 0. The summed E-state index contributed by atoms with van der Waals surface area (Å²) in [7, 11) is 0. The van der Waals surface area contributed by atoms with Crippen LogP contribution in [0.25, 0.3) is 0 Å². The maximum absolute atomic E-state index is 12.7. The van der Waals surface area contributed by atoms with E-state index in [9.17, 15) is 14.4 Å². The number of amides is 4. The van der Waals surface area contributed by atoms with Gasteiger partial charge in [-0.2, -0.15) is 0 Å². The van der Waals surface area contributed by atoms with Crippen LogP contribution in [0.15, 0.2) is 24.3 Å². The van der Waals surface area contributed by atoms with E-state index in [1.54, 1.807) is 31.2 Å². The van der Waals surface area contributed by atoms with Gasteiger partial charge in [0.1, 0.15) is 5.54 Å². The third-order valence-corrected chi connectivity index (χ3v) is 5.01. The first-order chi connectivity index (χ1) is 11.3. The molecule has 0 radical (unpaired) electrons. The van der Waals surface area contributed by atoms with Crippen LogP contribution >= 0.6 is 0 Å². The lowest BCUT2D eigenvalue weighted by Gasteiger charge is -2.23. The van der Waals surface area contributed by atoms with Crippen molar-refractivity contribution in [1.29, 1.82) is 0 Å². The quantitative estimate of drug-likeness (QED) is 0.704. The highest BCUT2D eigenvalue weighted by atomic mass is 16.2. The van der Waals surface area contributed by atoms with Crippen molar-refractivity contribution in [3.05, 3.63) is 35.4 Å². The van der Waals surface area contributed by atoms with Crippen molar-refractivity contribution in [2.24, 2.45) is 11.7 Å². The van der Waals surface area contributed by atoms with Gasteiger partial charge in [-0.1, -0.05) is 12.1 Å². The molecule has 2 aliphatic heterocycles. The van der Waals surface area contributed by atoms with Crippen molar-refractivity contribution in [1.82, 2.24) is 15.5 Å². The number of carbonyl (C=O) groups is 3. The summed E-state index contributed by atoms with van der Waals surface area (Å²) in [5, 5.41) is 4.84. The van der Waals surface area contributed by atoms with Crippen LogP contribution in [-0.4, -0.2) is 41.9 Å². The zero-order chi connectivity index (χ0) is 17.5. The number of hydrogen-bond donors (Lipinski definition) is 3. The van der Waals surface area contributed by atoms with Gasteiger partial charge >= 0.3 is 6.03 Å². The fourth-order valence-electron chi connectivity index (χ4n) is 3.45. The molecule has 4 amide bonds. The highest BCUT2D eigenvalue weighted by Gasteiger charge is 2.43. The lowest BCUT2D eigenvalue weighted by Crippen LogP contribution is -2.40. The minimum atomic E-state index is -1.11. The van der Waals surface area contributed by atoms with Crippen molar-refractivity contribution in [3.63, 3.8) is 0 Å². The molecular formula is C17H22N4O3. The molecule has 0 aromatic heterocycles. The van der Waals surface area contributed by atoms with E-state index in [1.165, 1.54) is 0 Å². The van der Waals surface area contributed by atoms with Gasteiger partial charge in [0.25, 0.3) is 11.8 Å². The summed E-state index contributed by atoms with van der Waals surface area (Å²) in [6, 6.07) is 6.47. The molecule has 2 fully saturated rings. The zero-order valence-electron chi connectivity index (χ0n) is 13.8. The van der Waals surface area contributed by atoms with Gasteiger partial charge in [0.2, 0.25) is 0 Å². The number of urea groups is 1. The molecule has 0 aliphatic carbocycles. The summed E-state index contributed by atoms with van der Waals surface area (Å²) in [6.07, 6.45) is 0.921. The number of imide groups is 1. The number of nitrogens with two attached hydrogens (primary N) is 1. The molecular weight excluding hydrogens is 308 g/mol. The van der Waals surface area contributed by atoms with E-state index in [0.29, 0.717) is 30.1 Å². The summed E-state index contributed by atoms with van der Waals surface area (Å²) in [6.45, 7) is 4.93. The van der Waals surface area contributed by atoms with Crippen LogP contribution in [0.5, 0.6) is 0 Å². The molecule has 1 aromatic carbocycles. The van der Waals surface area contributed by atoms with Gasteiger partial charge in [0, 0.05) is 18.2 Å². The zero-order valence-corrected chi connectivity index (χ0v) is 13.8. The van der Waals surface area contributed by atoms with E-state index in [4.69, 9.17) is 5.73 Å². The topological polar surface area (TPSA) is 105 Å². The third-order valence-electron chi connectivity index (χ3n) is 5.01. The normalized spacial score (nSPS) is 29.5. The van der Waals surface area contributed by atoms with Crippen LogP contribution in [0.3, 0.4) is 0 Å². The van der Waals surface area contributed by atoms with Gasteiger partial charge in [-0.3, -0.25) is 14.9 Å². The first kappa shape index (κ1) is 16.4. The molecule has 7 heteroatoms. The van der Waals surface area contributed by atoms with Crippen LogP contribution in [0, 0.1) is 5.92 Å². The molecule has 3 atom stereocenters. The molecule has 2 heterocycles. The Bertz CT molecular complexity index is 688. The lowest BCUT2D eigenvalue weighted by atomic mass is 9.91. The molecule has 0 saturated carbocycles. The molecule has 4 N–H and O–H groups in total. The van der Waals surface area contributed by atoms with Crippen molar-refractivity contribution in [3.8, 4) is 0 Å². The summed E-state index contributed by atoms with van der Waals surface area (Å²) in [5.74, 6) is -0.0832. The molecule has 7 nitrogen and oxygen atoms in total. The Kier molecular flexibility index (Phi) is 4.04. The Morgan fingerprint density at radius 1 is 1.33 bits per heavy atom. The molecule has 2 saturated heterocycles. The van der Waals surface area contributed by atoms with Crippen LogP contribution in [0.1, 0.15) is 36.2 Å². The van der Waals surface area contributed by atoms with Crippen molar-refractivity contribution >= 4 is 17.8 Å². The maximum Gasteiger partial charge on any atom is 0.322 e. The number of hydrogen-bond acceptors (Lipinski definition) is 4. The van der Waals surface area contributed by atoms with Crippen LogP contribution in [0.4, 0.5) is 4.79 Å². The highest BCUT2D eigenvalue weighted by Crippen LogP contribution is 2.27. The van der Waals surface area contributed by atoms with Crippen molar-refractivity contribution in [2.75, 3.05) is 13.1 Å². The van der Waals surface area contributed by atoms with Crippen molar-refractivity contribution < 1.29 is 14.4 Å². The Labute approximate surface area is 140 Å². The first-order valence-electron chi connectivity index (χ1n) is 8.10. The second-order valence-electron chi connectivity index (χ2n) is 6.75. The second-order valence-corrected chi connectivity index (χ2v) is 6.75. The third kappa shape index (κ3) is 2.65. The van der Waals surface area contributed by atoms with E-state index in [1.807, 2.05) is 11.8 Å². The average molecular weight is 330 g/mol. The van der Waals surface area contributed by atoms with E-state index >= 15 is 0 Å². The number of nitrogens with one attached hydrogen (secondary N) is 2. The van der Waals surface area contributed by atoms with Crippen LogP contribution in [0.2, 0.25) is 0 Å². The Morgan fingerprint density at radius 3 is 2.50 bits per heavy atom. The fraction of sp³-hybridized carbons (Fsp3) is 0.471. The van der Waals surface area contributed by atoms with Gasteiger partial charge in [-0.25, -0.2) is 4.79 Å². The summed E-state index contributed by atoms with van der Waals surface area (Å²) in [5.41, 5.74) is 5.81. The molecule has 128 valence electrons. The molecule has 0 spiro atoms. The number of benzene rings is 1. The Morgan fingerprint density at radius 2 is 2.00 bits per heavy atom.